The highest BCUT2D eigenvalue weighted by Crippen LogP contribution is 2.33. The summed E-state index contributed by atoms with van der Waals surface area (Å²) in [6.45, 7) is 6.79. The van der Waals surface area contributed by atoms with Crippen molar-refractivity contribution < 1.29 is 0 Å². The summed E-state index contributed by atoms with van der Waals surface area (Å²) in [6, 6.07) is 0. The summed E-state index contributed by atoms with van der Waals surface area (Å²) in [5.74, 6) is 0. The predicted octanol–water partition coefficient (Wildman–Crippen LogP) is 3.57. The molecule has 0 aromatic carbocycles. The first-order valence-corrected chi connectivity index (χ1v) is 4.55. The molecule has 56 valence electrons. The molecule has 1 heterocycles. The summed E-state index contributed by atoms with van der Waals surface area (Å²) in [7, 11) is 0. The van der Waals surface area contributed by atoms with Crippen LogP contribution in [0.4, 0.5) is 0 Å². The van der Waals surface area contributed by atoms with Crippen LogP contribution in [-0.2, 0) is 0 Å². The van der Waals surface area contributed by atoms with Crippen LogP contribution in [0.15, 0.2) is 22.5 Å². The molecule has 1 rings (SSSR count). The summed E-state index contributed by atoms with van der Waals surface area (Å²) >= 11 is 1.79. The van der Waals surface area contributed by atoms with Gasteiger partial charge in [-0.3, -0.25) is 0 Å². The summed E-state index contributed by atoms with van der Waals surface area (Å²) in [6.07, 6.45) is 3.36. The zero-order valence-corrected chi connectivity index (χ0v) is 7.66. The second kappa shape index (κ2) is 2.83. The van der Waals surface area contributed by atoms with Crippen LogP contribution in [0.25, 0.3) is 0 Å². The van der Waals surface area contributed by atoms with Crippen molar-refractivity contribution in [3.63, 3.8) is 0 Å². The Bertz CT molecular complexity index is 170. The Morgan fingerprint density at radius 3 is 2.40 bits per heavy atom. The van der Waals surface area contributed by atoms with E-state index in [9.17, 15) is 0 Å². The number of thioether (sulfide) groups is 1. The average Bonchev–Trinajstić information content (AvgIpc) is 1.88. The van der Waals surface area contributed by atoms with Gasteiger partial charge in [-0.1, -0.05) is 32.4 Å². The molecular formula is C9H14S. The molecule has 1 aliphatic rings. The van der Waals surface area contributed by atoms with Gasteiger partial charge in [-0.05, 0) is 22.7 Å². The summed E-state index contributed by atoms with van der Waals surface area (Å²) in [5, 5.41) is 4.41. The van der Waals surface area contributed by atoms with E-state index in [0.29, 0.717) is 5.41 Å². The fourth-order valence-corrected chi connectivity index (χ4v) is 1.78. The second-order valence-corrected chi connectivity index (χ2v) is 4.39. The van der Waals surface area contributed by atoms with Crippen molar-refractivity contribution in [3.8, 4) is 0 Å². The van der Waals surface area contributed by atoms with Gasteiger partial charge >= 0.3 is 0 Å². The van der Waals surface area contributed by atoms with Crippen molar-refractivity contribution in [2.75, 3.05) is 0 Å². The van der Waals surface area contributed by atoms with E-state index in [1.54, 1.807) is 17.3 Å². The predicted molar refractivity (Wildman–Crippen MR) is 48.9 cm³/mol. The fraction of sp³-hybridized carbons (Fsp3) is 0.556. The summed E-state index contributed by atoms with van der Waals surface area (Å²) in [4.78, 5) is 0. The molecular weight excluding hydrogens is 140 g/mol. The lowest BCUT2D eigenvalue weighted by Crippen LogP contribution is -2.08. The Balaban J connectivity index is 2.65. The van der Waals surface area contributed by atoms with E-state index in [1.165, 1.54) is 0 Å². The fourth-order valence-electron chi connectivity index (χ4n) is 0.883. The lowest BCUT2D eigenvalue weighted by Gasteiger charge is -2.23. The molecule has 1 aliphatic heterocycles. The third-order valence-corrected chi connectivity index (χ3v) is 2.46. The van der Waals surface area contributed by atoms with Crippen LogP contribution in [0.3, 0.4) is 0 Å². The summed E-state index contributed by atoms with van der Waals surface area (Å²) in [5.41, 5.74) is 1.90. The lowest BCUT2D eigenvalue weighted by molar-refractivity contribution is 0.495. The van der Waals surface area contributed by atoms with Crippen molar-refractivity contribution >= 4 is 11.8 Å². The summed E-state index contributed by atoms with van der Waals surface area (Å²) < 4.78 is 0. The first kappa shape index (κ1) is 7.93. The number of hydrogen-bond donors (Lipinski definition) is 0. The van der Waals surface area contributed by atoms with Crippen LogP contribution in [0.1, 0.15) is 27.2 Å². The van der Waals surface area contributed by atoms with Gasteiger partial charge in [0.05, 0.1) is 0 Å². The Hall–Kier alpha value is -0.170. The number of hydrogen-bond acceptors (Lipinski definition) is 1. The normalized spacial score (nSPS) is 18.9. The van der Waals surface area contributed by atoms with Crippen molar-refractivity contribution in [3.05, 3.63) is 22.5 Å². The largest absolute Gasteiger partial charge is 0.106 e. The zero-order valence-electron chi connectivity index (χ0n) is 6.85. The SMILES string of the molecule is CC(C)(C)C1=CSC=CC1. The Kier molecular flexibility index (Phi) is 2.24. The molecule has 0 amide bonds. The molecule has 0 aromatic heterocycles. The average molecular weight is 154 g/mol. The van der Waals surface area contributed by atoms with Crippen LogP contribution in [-0.4, -0.2) is 0 Å². The maximum Gasteiger partial charge on any atom is -0.0117 e. The maximum absolute atomic E-state index is 2.26. The van der Waals surface area contributed by atoms with E-state index < -0.39 is 0 Å². The van der Waals surface area contributed by atoms with Gasteiger partial charge in [-0.2, -0.15) is 0 Å². The number of allylic oxidation sites excluding steroid dienone is 2. The van der Waals surface area contributed by atoms with E-state index in [4.69, 9.17) is 0 Å². The molecule has 0 fully saturated rings. The molecule has 0 atom stereocenters. The minimum Gasteiger partial charge on any atom is -0.106 e. The lowest BCUT2D eigenvalue weighted by atomic mass is 9.86. The third-order valence-electron chi connectivity index (χ3n) is 1.69. The minimum atomic E-state index is 0.359. The van der Waals surface area contributed by atoms with Crippen molar-refractivity contribution in [1.29, 1.82) is 0 Å². The van der Waals surface area contributed by atoms with Gasteiger partial charge in [-0.25, -0.2) is 0 Å². The highest BCUT2D eigenvalue weighted by atomic mass is 32.2. The number of rotatable bonds is 0. The van der Waals surface area contributed by atoms with Gasteiger partial charge in [-0.15, -0.1) is 11.8 Å². The Labute approximate surface area is 67.4 Å². The highest BCUT2D eigenvalue weighted by Gasteiger charge is 2.16. The topological polar surface area (TPSA) is 0 Å². The highest BCUT2D eigenvalue weighted by molar-refractivity contribution is 8.04. The monoisotopic (exact) mass is 154 g/mol. The van der Waals surface area contributed by atoms with Crippen molar-refractivity contribution in [2.24, 2.45) is 5.41 Å². The first-order valence-electron chi connectivity index (χ1n) is 3.61. The zero-order chi connectivity index (χ0) is 7.61. The maximum atomic E-state index is 2.26. The van der Waals surface area contributed by atoms with Gasteiger partial charge < -0.3 is 0 Å². The molecule has 0 nitrogen and oxygen atoms in total. The Morgan fingerprint density at radius 2 is 2.10 bits per heavy atom. The van der Waals surface area contributed by atoms with E-state index >= 15 is 0 Å². The molecule has 0 bridgehead atoms. The van der Waals surface area contributed by atoms with Gasteiger partial charge in [0, 0.05) is 0 Å². The van der Waals surface area contributed by atoms with E-state index in [1.807, 2.05) is 0 Å². The van der Waals surface area contributed by atoms with E-state index in [2.05, 4.69) is 37.7 Å². The van der Waals surface area contributed by atoms with Gasteiger partial charge in [0.2, 0.25) is 0 Å². The molecule has 0 saturated heterocycles. The van der Waals surface area contributed by atoms with Crippen molar-refractivity contribution in [2.45, 2.75) is 27.2 Å². The molecule has 0 aliphatic carbocycles. The molecule has 0 spiro atoms. The van der Waals surface area contributed by atoms with Crippen LogP contribution < -0.4 is 0 Å². The van der Waals surface area contributed by atoms with Crippen LogP contribution >= 0.6 is 11.8 Å². The molecule has 1 heteroatoms. The molecule has 10 heavy (non-hydrogen) atoms. The second-order valence-electron chi connectivity index (χ2n) is 3.61. The molecule has 0 unspecified atom stereocenters. The minimum absolute atomic E-state index is 0.359. The standard InChI is InChI=1S/C9H14S/c1-9(2,3)8-5-4-6-10-7-8/h4,6-7H,5H2,1-3H3. The van der Waals surface area contributed by atoms with Crippen LogP contribution in [0.5, 0.6) is 0 Å². The molecule has 0 aromatic rings. The smallest absolute Gasteiger partial charge is 0.0117 e. The van der Waals surface area contributed by atoms with Crippen molar-refractivity contribution in [1.82, 2.24) is 0 Å². The van der Waals surface area contributed by atoms with E-state index in [-0.39, 0.29) is 0 Å². The van der Waals surface area contributed by atoms with Gasteiger partial charge in [0.1, 0.15) is 0 Å². The molecule has 0 saturated carbocycles. The quantitative estimate of drug-likeness (QED) is 0.514. The van der Waals surface area contributed by atoms with Crippen LogP contribution in [0.2, 0.25) is 0 Å². The Morgan fingerprint density at radius 1 is 1.40 bits per heavy atom. The van der Waals surface area contributed by atoms with Gasteiger partial charge in [0.15, 0.2) is 0 Å². The van der Waals surface area contributed by atoms with Gasteiger partial charge in [0.25, 0.3) is 0 Å². The molecule has 0 N–H and O–H groups in total. The first-order chi connectivity index (χ1) is 4.61. The third kappa shape index (κ3) is 1.91. The van der Waals surface area contributed by atoms with Crippen LogP contribution in [0, 0.1) is 5.41 Å². The molecule has 0 radical (unpaired) electrons. The van der Waals surface area contributed by atoms with E-state index in [0.717, 1.165) is 6.42 Å².